The van der Waals surface area contributed by atoms with Crippen LogP contribution in [0.3, 0.4) is 0 Å². The first-order chi connectivity index (χ1) is 11.3. The molecule has 0 saturated carbocycles. The zero-order valence-corrected chi connectivity index (χ0v) is 14.7. The molecule has 0 radical (unpaired) electrons. The lowest BCUT2D eigenvalue weighted by Gasteiger charge is -2.27. The SMILES string of the molecule is CC1CCN(C)c2ccccc2N1C(=O)c1ccc(S(C)(=O)=O)o1. The molecule has 0 saturated heterocycles. The fraction of sp³-hybridized carbons (Fsp3) is 0.353. The van der Waals surface area contributed by atoms with Gasteiger partial charge < -0.3 is 14.2 Å². The van der Waals surface area contributed by atoms with Crippen LogP contribution in [-0.2, 0) is 9.84 Å². The van der Waals surface area contributed by atoms with E-state index in [1.165, 1.54) is 12.1 Å². The Morgan fingerprint density at radius 2 is 1.83 bits per heavy atom. The van der Waals surface area contributed by atoms with Crippen LogP contribution >= 0.6 is 0 Å². The molecule has 128 valence electrons. The second-order valence-electron chi connectivity index (χ2n) is 6.11. The van der Waals surface area contributed by atoms with Gasteiger partial charge in [0, 0.05) is 25.9 Å². The topological polar surface area (TPSA) is 70.8 Å². The third-order valence-corrected chi connectivity index (χ3v) is 5.20. The molecular weight excluding hydrogens is 328 g/mol. The van der Waals surface area contributed by atoms with E-state index in [0.29, 0.717) is 0 Å². The average molecular weight is 348 g/mol. The summed E-state index contributed by atoms with van der Waals surface area (Å²) in [4.78, 5) is 16.8. The van der Waals surface area contributed by atoms with Gasteiger partial charge in [0.25, 0.3) is 5.91 Å². The Kier molecular flexibility index (Phi) is 4.13. The molecule has 2 heterocycles. The molecule has 1 aliphatic heterocycles. The molecule has 1 aliphatic rings. The van der Waals surface area contributed by atoms with Crippen molar-refractivity contribution in [3.05, 3.63) is 42.2 Å². The number of sulfone groups is 1. The molecule has 0 spiro atoms. The second kappa shape index (κ2) is 5.98. The van der Waals surface area contributed by atoms with E-state index < -0.39 is 9.84 Å². The highest BCUT2D eigenvalue weighted by Gasteiger charge is 2.31. The van der Waals surface area contributed by atoms with Crippen LogP contribution in [0.15, 0.2) is 45.9 Å². The largest absolute Gasteiger partial charge is 0.440 e. The Balaban J connectivity index is 2.05. The van der Waals surface area contributed by atoms with Crippen molar-refractivity contribution in [1.29, 1.82) is 0 Å². The number of nitrogens with zero attached hydrogens (tertiary/aromatic N) is 2. The third kappa shape index (κ3) is 2.91. The van der Waals surface area contributed by atoms with Crippen LogP contribution in [0.1, 0.15) is 23.9 Å². The van der Waals surface area contributed by atoms with Crippen molar-refractivity contribution in [2.24, 2.45) is 0 Å². The van der Waals surface area contributed by atoms with Gasteiger partial charge in [0.05, 0.1) is 11.4 Å². The van der Waals surface area contributed by atoms with Crippen molar-refractivity contribution in [1.82, 2.24) is 0 Å². The van der Waals surface area contributed by atoms with Crippen LogP contribution in [0.25, 0.3) is 0 Å². The summed E-state index contributed by atoms with van der Waals surface area (Å²) < 4.78 is 28.5. The summed E-state index contributed by atoms with van der Waals surface area (Å²) in [5, 5.41) is -0.196. The van der Waals surface area contributed by atoms with Crippen molar-refractivity contribution in [2.45, 2.75) is 24.5 Å². The monoisotopic (exact) mass is 348 g/mol. The van der Waals surface area contributed by atoms with Gasteiger partial charge in [0.2, 0.25) is 14.9 Å². The third-order valence-electron chi connectivity index (χ3n) is 4.25. The van der Waals surface area contributed by atoms with E-state index in [1.807, 2.05) is 38.2 Å². The molecule has 7 heteroatoms. The number of furan rings is 1. The number of carbonyl (C=O) groups excluding carboxylic acids is 1. The number of para-hydroxylation sites is 2. The average Bonchev–Trinajstić information content (AvgIpc) is 2.99. The number of hydrogen-bond donors (Lipinski definition) is 0. The molecule has 1 aromatic carbocycles. The Hall–Kier alpha value is -2.28. The lowest BCUT2D eigenvalue weighted by atomic mass is 10.1. The number of carbonyl (C=O) groups is 1. The lowest BCUT2D eigenvalue weighted by molar-refractivity contribution is 0.0946. The highest BCUT2D eigenvalue weighted by Crippen LogP contribution is 2.34. The van der Waals surface area contributed by atoms with E-state index in [1.54, 1.807) is 4.90 Å². The van der Waals surface area contributed by atoms with Gasteiger partial charge >= 0.3 is 0 Å². The van der Waals surface area contributed by atoms with Gasteiger partial charge in [-0.25, -0.2) is 8.42 Å². The highest BCUT2D eigenvalue weighted by atomic mass is 32.2. The van der Waals surface area contributed by atoms with Crippen molar-refractivity contribution in [3.63, 3.8) is 0 Å². The smallest absolute Gasteiger partial charge is 0.294 e. The van der Waals surface area contributed by atoms with Gasteiger partial charge in [0.15, 0.2) is 5.76 Å². The number of amides is 1. The Labute approximate surface area is 141 Å². The minimum atomic E-state index is -3.48. The highest BCUT2D eigenvalue weighted by molar-refractivity contribution is 7.90. The Morgan fingerprint density at radius 3 is 2.46 bits per heavy atom. The van der Waals surface area contributed by atoms with E-state index >= 15 is 0 Å². The number of fused-ring (bicyclic) bond motifs is 1. The Morgan fingerprint density at radius 1 is 1.17 bits per heavy atom. The minimum absolute atomic E-state index is 0.0293. The maximum atomic E-state index is 13.0. The molecule has 24 heavy (non-hydrogen) atoms. The quantitative estimate of drug-likeness (QED) is 0.834. The molecule has 2 aromatic rings. The Bertz CT molecular complexity index is 872. The summed E-state index contributed by atoms with van der Waals surface area (Å²) in [6.07, 6.45) is 1.86. The number of hydrogen-bond acceptors (Lipinski definition) is 5. The molecule has 0 N–H and O–H groups in total. The molecular formula is C17H20N2O4S. The van der Waals surface area contributed by atoms with E-state index in [9.17, 15) is 13.2 Å². The summed E-state index contributed by atoms with van der Waals surface area (Å²) in [6, 6.07) is 10.4. The normalized spacial score (nSPS) is 18.2. The summed E-state index contributed by atoms with van der Waals surface area (Å²) in [6.45, 7) is 2.81. The van der Waals surface area contributed by atoms with Crippen LogP contribution < -0.4 is 9.80 Å². The van der Waals surface area contributed by atoms with Gasteiger partial charge in [-0.15, -0.1) is 0 Å². The molecule has 1 aromatic heterocycles. The summed E-state index contributed by atoms with van der Waals surface area (Å²) in [5.74, 6) is -0.304. The van der Waals surface area contributed by atoms with Crippen LogP contribution in [0.2, 0.25) is 0 Å². The first-order valence-corrected chi connectivity index (χ1v) is 9.62. The van der Waals surface area contributed by atoms with Gasteiger partial charge in [-0.1, -0.05) is 12.1 Å². The fourth-order valence-electron chi connectivity index (χ4n) is 2.92. The zero-order chi connectivity index (χ0) is 17.5. The summed E-state index contributed by atoms with van der Waals surface area (Å²) >= 11 is 0. The molecule has 1 unspecified atom stereocenters. The maximum absolute atomic E-state index is 13.0. The number of rotatable bonds is 2. The van der Waals surface area contributed by atoms with E-state index in [2.05, 4.69) is 4.90 Å². The van der Waals surface area contributed by atoms with Crippen LogP contribution in [-0.4, -0.2) is 40.2 Å². The van der Waals surface area contributed by atoms with Crippen LogP contribution in [0.5, 0.6) is 0 Å². The molecule has 1 amide bonds. The molecule has 0 bridgehead atoms. The van der Waals surface area contributed by atoms with Crippen molar-refractivity contribution in [3.8, 4) is 0 Å². The molecule has 1 atom stereocenters. The maximum Gasteiger partial charge on any atom is 0.294 e. The van der Waals surface area contributed by atoms with Gasteiger partial charge in [-0.3, -0.25) is 4.79 Å². The van der Waals surface area contributed by atoms with E-state index in [0.717, 1.165) is 30.6 Å². The summed E-state index contributed by atoms with van der Waals surface area (Å²) in [7, 11) is -1.49. The summed E-state index contributed by atoms with van der Waals surface area (Å²) in [5.41, 5.74) is 1.76. The standard InChI is InChI=1S/C17H20N2O4S/c1-12-10-11-18(2)13-6-4-5-7-14(13)19(12)17(20)15-8-9-16(23-15)24(3,21)22/h4-9,12H,10-11H2,1-3H3. The minimum Gasteiger partial charge on any atom is -0.440 e. The molecule has 3 rings (SSSR count). The van der Waals surface area contributed by atoms with Crippen molar-refractivity contribution in [2.75, 3.05) is 29.6 Å². The van der Waals surface area contributed by atoms with Crippen molar-refractivity contribution < 1.29 is 17.6 Å². The van der Waals surface area contributed by atoms with Gasteiger partial charge in [0.1, 0.15) is 0 Å². The zero-order valence-electron chi connectivity index (χ0n) is 13.9. The van der Waals surface area contributed by atoms with E-state index in [-0.39, 0.29) is 22.8 Å². The molecule has 0 aliphatic carbocycles. The van der Waals surface area contributed by atoms with Crippen LogP contribution in [0.4, 0.5) is 11.4 Å². The van der Waals surface area contributed by atoms with Crippen molar-refractivity contribution >= 4 is 27.1 Å². The van der Waals surface area contributed by atoms with Gasteiger partial charge in [-0.05, 0) is 37.6 Å². The first kappa shape index (κ1) is 16.6. The van der Waals surface area contributed by atoms with Gasteiger partial charge in [-0.2, -0.15) is 0 Å². The molecule has 0 fully saturated rings. The van der Waals surface area contributed by atoms with E-state index in [4.69, 9.17) is 4.42 Å². The number of benzene rings is 1. The predicted molar refractivity (Wildman–Crippen MR) is 92.4 cm³/mol. The number of anilines is 2. The second-order valence-corrected chi connectivity index (χ2v) is 8.06. The van der Waals surface area contributed by atoms with Crippen LogP contribution in [0, 0.1) is 0 Å². The molecule has 6 nitrogen and oxygen atoms in total. The first-order valence-electron chi connectivity index (χ1n) is 7.72. The lowest BCUT2D eigenvalue weighted by Crippen LogP contribution is -2.38. The predicted octanol–water partition coefficient (Wildman–Crippen LogP) is 2.56. The fourth-order valence-corrected chi connectivity index (χ4v) is 3.48.